The average molecular weight is 308 g/mol. The second-order valence-corrected chi connectivity index (χ2v) is 4.66. The van der Waals surface area contributed by atoms with E-state index in [1.165, 1.54) is 29.1 Å². The first-order valence-electron chi connectivity index (χ1n) is 4.83. The molecule has 1 aromatic heterocycles. The lowest BCUT2D eigenvalue weighted by atomic mass is 10.2. The fourth-order valence-electron chi connectivity index (χ4n) is 1.40. The van der Waals surface area contributed by atoms with Crippen LogP contribution in [0.5, 0.6) is 0 Å². The standard InChI is InChI=1S/C11H6Cl3FN2O/c12-8-2-1-7(15)3-6(8)4-17-5-16-10(14)9(13)11(17)18/h1-3,5H,4H2. The number of hydrogen-bond donors (Lipinski definition) is 0. The maximum atomic E-state index is 13.1. The van der Waals surface area contributed by atoms with E-state index in [-0.39, 0.29) is 16.7 Å². The van der Waals surface area contributed by atoms with Gasteiger partial charge in [0.1, 0.15) is 10.8 Å². The third-order valence-electron chi connectivity index (χ3n) is 2.29. The Bertz CT molecular complexity index is 657. The van der Waals surface area contributed by atoms with Crippen molar-refractivity contribution in [1.82, 2.24) is 9.55 Å². The van der Waals surface area contributed by atoms with E-state index in [1.807, 2.05) is 0 Å². The lowest BCUT2D eigenvalue weighted by Crippen LogP contribution is -2.21. The van der Waals surface area contributed by atoms with Crippen LogP contribution in [0.2, 0.25) is 15.2 Å². The molecule has 0 N–H and O–H groups in total. The SMILES string of the molecule is O=c1c(Cl)c(Cl)ncn1Cc1cc(F)ccc1Cl. The molecule has 1 aromatic carbocycles. The number of hydrogen-bond acceptors (Lipinski definition) is 2. The summed E-state index contributed by atoms with van der Waals surface area (Å²) < 4.78 is 14.3. The fourth-order valence-corrected chi connectivity index (χ4v) is 1.86. The maximum Gasteiger partial charge on any atom is 0.273 e. The van der Waals surface area contributed by atoms with Crippen LogP contribution >= 0.6 is 34.8 Å². The minimum absolute atomic E-state index is 0.0664. The quantitative estimate of drug-likeness (QED) is 0.797. The van der Waals surface area contributed by atoms with Crippen LogP contribution in [0.1, 0.15) is 5.56 Å². The van der Waals surface area contributed by atoms with Crippen molar-refractivity contribution in [2.45, 2.75) is 6.54 Å². The predicted octanol–water partition coefficient (Wildman–Crippen LogP) is 3.39. The largest absolute Gasteiger partial charge is 0.293 e. The van der Waals surface area contributed by atoms with Gasteiger partial charge in [-0.15, -0.1) is 0 Å². The lowest BCUT2D eigenvalue weighted by molar-refractivity contribution is 0.622. The van der Waals surface area contributed by atoms with Crippen molar-refractivity contribution in [1.29, 1.82) is 0 Å². The highest BCUT2D eigenvalue weighted by Crippen LogP contribution is 2.18. The molecule has 0 aliphatic heterocycles. The molecule has 94 valence electrons. The van der Waals surface area contributed by atoms with Gasteiger partial charge in [-0.3, -0.25) is 9.36 Å². The van der Waals surface area contributed by atoms with E-state index in [0.29, 0.717) is 10.6 Å². The number of rotatable bonds is 2. The highest BCUT2D eigenvalue weighted by molar-refractivity contribution is 6.40. The summed E-state index contributed by atoms with van der Waals surface area (Å²) in [5.74, 6) is -0.435. The van der Waals surface area contributed by atoms with E-state index in [9.17, 15) is 9.18 Å². The highest BCUT2D eigenvalue weighted by Gasteiger charge is 2.09. The summed E-state index contributed by atoms with van der Waals surface area (Å²) in [6.45, 7) is 0.0688. The first-order valence-corrected chi connectivity index (χ1v) is 5.97. The lowest BCUT2D eigenvalue weighted by Gasteiger charge is -2.08. The van der Waals surface area contributed by atoms with Gasteiger partial charge in [0, 0.05) is 5.02 Å². The first kappa shape index (κ1) is 13.3. The molecule has 0 saturated carbocycles. The van der Waals surface area contributed by atoms with Gasteiger partial charge < -0.3 is 0 Å². The third-order valence-corrected chi connectivity index (χ3v) is 3.38. The molecule has 0 fully saturated rings. The van der Waals surface area contributed by atoms with Crippen molar-refractivity contribution >= 4 is 34.8 Å². The molecular formula is C11H6Cl3FN2O. The molecule has 0 radical (unpaired) electrons. The Labute approximate surface area is 117 Å². The van der Waals surface area contributed by atoms with Crippen molar-refractivity contribution in [3.8, 4) is 0 Å². The van der Waals surface area contributed by atoms with Gasteiger partial charge in [0.25, 0.3) is 5.56 Å². The molecule has 0 saturated heterocycles. The summed E-state index contributed by atoms with van der Waals surface area (Å²) in [4.78, 5) is 15.5. The highest BCUT2D eigenvalue weighted by atomic mass is 35.5. The Kier molecular flexibility index (Phi) is 3.90. The summed E-state index contributed by atoms with van der Waals surface area (Å²) >= 11 is 17.2. The smallest absolute Gasteiger partial charge is 0.273 e. The van der Waals surface area contributed by atoms with Crippen molar-refractivity contribution in [3.63, 3.8) is 0 Å². The molecule has 18 heavy (non-hydrogen) atoms. The van der Waals surface area contributed by atoms with Crippen LogP contribution in [0.15, 0.2) is 29.3 Å². The molecule has 7 heteroatoms. The Morgan fingerprint density at radius 3 is 2.72 bits per heavy atom. The van der Waals surface area contributed by atoms with Crippen molar-refractivity contribution < 1.29 is 4.39 Å². The van der Waals surface area contributed by atoms with Crippen molar-refractivity contribution in [2.24, 2.45) is 0 Å². The van der Waals surface area contributed by atoms with E-state index >= 15 is 0 Å². The monoisotopic (exact) mass is 306 g/mol. The van der Waals surface area contributed by atoms with E-state index in [2.05, 4.69) is 4.98 Å². The Hall–Kier alpha value is -1.10. The maximum absolute atomic E-state index is 13.1. The van der Waals surface area contributed by atoms with Gasteiger partial charge in [0.2, 0.25) is 0 Å². The van der Waals surface area contributed by atoms with Crippen LogP contribution < -0.4 is 5.56 Å². The van der Waals surface area contributed by atoms with Crippen LogP contribution in [-0.4, -0.2) is 9.55 Å². The van der Waals surface area contributed by atoms with Gasteiger partial charge in [0.05, 0.1) is 12.9 Å². The van der Waals surface area contributed by atoms with E-state index in [4.69, 9.17) is 34.8 Å². The number of halogens is 4. The molecular weight excluding hydrogens is 301 g/mol. The van der Waals surface area contributed by atoms with Gasteiger partial charge in [-0.25, -0.2) is 9.37 Å². The third kappa shape index (κ3) is 2.66. The molecule has 0 atom stereocenters. The molecule has 2 aromatic rings. The molecule has 1 heterocycles. The second-order valence-electron chi connectivity index (χ2n) is 3.52. The average Bonchev–Trinajstić information content (AvgIpc) is 2.34. The molecule has 0 bridgehead atoms. The molecule has 0 unspecified atom stereocenters. The van der Waals surface area contributed by atoms with Gasteiger partial charge in [-0.2, -0.15) is 0 Å². The van der Waals surface area contributed by atoms with Crippen molar-refractivity contribution in [3.05, 3.63) is 61.5 Å². The Balaban J connectivity index is 2.44. The normalized spacial score (nSPS) is 10.7. The van der Waals surface area contributed by atoms with Gasteiger partial charge >= 0.3 is 0 Å². The van der Waals surface area contributed by atoms with Crippen LogP contribution in [0, 0.1) is 5.82 Å². The second kappa shape index (κ2) is 5.26. The van der Waals surface area contributed by atoms with Crippen LogP contribution in [0.4, 0.5) is 4.39 Å². The van der Waals surface area contributed by atoms with E-state index < -0.39 is 11.4 Å². The summed E-state index contributed by atoms with van der Waals surface area (Å²) in [5.41, 5.74) is -0.0454. The minimum atomic E-state index is -0.503. The summed E-state index contributed by atoms with van der Waals surface area (Å²) in [6.07, 6.45) is 1.23. The van der Waals surface area contributed by atoms with Gasteiger partial charge in [-0.1, -0.05) is 34.8 Å². The van der Waals surface area contributed by atoms with E-state index in [1.54, 1.807) is 0 Å². The zero-order valence-corrected chi connectivity index (χ0v) is 11.1. The van der Waals surface area contributed by atoms with Gasteiger partial charge in [-0.05, 0) is 23.8 Å². The van der Waals surface area contributed by atoms with Crippen molar-refractivity contribution in [2.75, 3.05) is 0 Å². The fraction of sp³-hybridized carbons (Fsp3) is 0.0909. The van der Waals surface area contributed by atoms with Gasteiger partial charge in [0.15, 0.2) is 5.15 Å². The molecule has 0 spiro atoms. The zero-order chi connectivity index (χ0) is 13.3. The molecule has 0 aliphatic rings. The Morgan fingerprint density at radius 2 is 2.00 bits per heavy atom. The molecule has 3 nitrogen and oxygen atoms in total. The number of aromatic nitrogens is 2. The minimum Gasteiger partial charge on any atom is -0.293 e. The predicted molar refractivity (Wildman–Crippen MR) is 69.0 cm³/mol. The van der Waals surface area contributed by atoms with E-state index in [0.717, 1.165) is 0 Å². The number of benzene rings is 1. The number of nitrogens with zero attached hydrogens (tertiary/aromatic N) is 2. The van der Waals surface area contributed by atoms with Crippen LogP contribution in [0.3, 0.4) is 0 Å². The molecule has 2 rings (SSSR count). The molecule has 0 amide bonds. The zero-order valence-electron chi connectivity index (χ0n) is 8.83. The first-order chi connectivity index (χ1) is 8.49. The summed E-state index contributed by atoms with van der Waals surface area (Å²) in [7, 11) is 0. The summed E-state index contributed by atoms with van der Waals surface area (Å²) in [5, 5.41) is 0.115. The topological polar surface area (TPSA) is 34.9 Å². The summed E-state index contributed by atoms with van der Waals surface area (Å²) in [6, 6.07) is 3.90. The van der Waals surface area contributed by atoms with Crippen LogP contribution in [0.25, 0.3) is 0 Å². The molecule has 0 aliphatic carbocycles. The van der Waals surface area contributed by atoms with Crippen LogP contribution in [-0.2, 0) is 6.54 Å². The Morgan fingerprint density at radius 1 is 1.28 bits per heavy atom.